The summed E-state index contributed by atoms with van der Waals surface area (Å²) < 4.78 is 0. The summed E-state index contributed by atoms with van der Waals surface area (Å²) in [7, 11) is 6.89. The van der Waals surface area contributed by atoms with Gasteiger partial charge >= 0.3 is 6.03 Å². The Morgan fingerprint density at radius 3 is 1.82 bits per heavy atom. The Labute approximate surface area is 98.8 Å². The molecule has 0 aromatic carbocycles. The SMILES string of the molecule is CN1C(=O)N(C)[C@H]2[C@H]1N(C)C(=C[N+](=O)[O-])N2C. The summed E-state index contributed by atoms with van der Waals surface area (Å²) in [5.74, 6) is 0.496. The molecule has 2 saturated heterocycles. The maximum absolute atomic E-state index is 11.8. The first kappa shape index (κ1) is 11.5. The van der Waals surface area contributed by atoms with E-state index in [1.165, 1.54) is 0 Å². The maximum atomic E-state index is 11.8. The van der Waals surface area contributed by atoms with Gasteiger partial charge in [-0.05, 0) is 0 Å². The Bertz CT molecular complexity index is 383. The van der Waals surface area contributed by atoms with E-state index in [0.717, 1.165) is 6.20 Å². The van der Waals surface area contributed by atoms with Crippen LogP contribution in [0.2, 0.25) is 0 Å². The molecule has 0 spiro atoms. The fourth-order valence-electron chi connectivity index (χ4n) is 2.59. The average molecular weight is 241 g/mol. The van der Waals surface area contributed by atoms with Crippen molar-refractivity contribution in [3.8, 4) is 0 Å². The minimum absolute atomic E-state index is 0.0844. The minimum atomic E-state index is -0.481. The first-order valence-electron chi connectivity index (χ1n) is 5.17. The second kappa shape index (κ2) is 3.51. The van der Waals surface area contributed by atoms with Gasteiger partial charge in [0.2, 0.25) is 0 Å². The highest BCUT2D eigenvalue weighted by atomic mass is 16.6. The van der Waals surface area contributed by atoms with E-state index in [-0.39, 0.29) is 18.4 Å². The van der Waals surface area contributed by atoms with Crippen LogP contribution in [-0.2, 0) is 0 Å². The second-order valence-electron chi connectivity index (χ2n) is 4.33. The van der Waals surface area contributed by atoms with Crippen LogP contribution >= 0.6 is 0 Å². The third-order valence-corrected chi connectivity index (χ3v) is 3.40. The highest BCUT2D eigenvalue weighted by molar-refractivity contribution is 5.77. The Kier molecular flexibility index (Phi) is 2.37. The number of likely N-dealkylation sites (N-methyl/N-ethyl adjacent to an activating group) is 4. The first-order chi connectivity index (χ1) is 7.86. The molecule has 2 heterocycles. The summed E-state index contributed by atoms with van der Waals surface area (Å²) in [6.07, 6.45) is 0.581. The van der Waals surface area contributed by atoms with Crippen molar-refractivity contribution in [3.05, 3.63) is 22.1 Å². The van der Waals surface area contributed by atoms with E-state index in [1.54, 1.807) is 47.8 Å². The lowest BCUT2D eigenvalue weighted by molar-refractivity contribution is -0.405. The number of hydrogen-bond donors (Lipinski definition) is 0. The summed E-state index contributed by atoms with van der Waals surface area (Å²) in [6, 6.07) is -0.0844. The third kappa shape index (κ3) is 1.40. The predicted molar refractivity (Wildman–Crippen MR) is 59.1 cm³/mol. The summed E-state index contributed by atoms with van der Waals surface area (Å²) in [6.45, 7) is 0. The lowest BCUT2D eigenvalue weighted by Gasteiger charge is -2.25. The number of carbonyl (C=O) groups excluding carboxylic acids is 1. The van der Waals surface area contributed by atoms with E-state index in [0.29, 0.717) is 5.82 Å². The van der Waals surface area contributed by atoms with Gasteiger partial charge in [-0.2, -0.15) is 0 Å². The number of fused-ring (bicyclic) bond motifs is 1. The van der Waals surface area contributed by atoms with Crippen LogP contribution < -0.4 is 0 Å². The van der Waals surface area contributed by atoms with Gasteiger partial charge in [0.15, 0.2) is 5.82 Å². The molecule has 0 unspecified atom stereocenters. The molecule has 0 radical (unpaired) electrons. The molecule has 2 aliphatic rings. The van der Waals surface area contributed by atoms with Crippen molar-refractivity contribution in [1.29, 1.82) is 0 Å². The Hall–Kier alpha value is -1.99. The van der Waals surface area contributed by atoms with E-state index in [1.807, 2.05) is 0 Å². The zero-order valence-electron chi connectivity index (χ0n) is 10.2. The molecule has 0 aliphatic carbocycles. The molecule has 0 aromatic rings. The molecule has 2 fully saturated rings. The standard InChI is InChI=1S/C9H15N5O3/c1-10-6(5-14(16)17)11(2)8-7(10)12(3)9(15)13(8)4/h5,7-8H,1-4H3/t7-,8-/m0/s1. The molecule has 0 bridgehead atoms. The third-order valence-electron chi connectivity index (χ3n) is 3.40. The van der Waals surface area contributed by atoms with Crippen LogP contribution in [0.4, 0.5) is 4.79 Å². The fourth-order valence-corrected chi connectivity index (χ4v) is 2.59. The van der Waals surface area contributed by atoms with Crippen LogP contribution in [0.5, 0.6) is 0 Å². The normalized spacial score (nSPS) is 28.0. The molecule has 2 amide bonds. The molecule has 2 aliphatic heterocycles. The molecule has 17 heavy (non-hydrogen) atoms. The van der Waals surface area contributed by atoms with Crippen molar-refractivity contribution in [2.45, 2.75) is 12.3 Å². The maximum Gasteiger partial charge on any atom is 0.323 e. The highest BCUT2D eigenvalue weighted by Crippen LogP contribution is 2.35. The van der Waals surface area contributed by atoms with Gasteiger partial charge in [-0.15, -0.1) is 0 Å². The van der Waals surface area contributed by atoms with E-state index < -0.39 is 4.92 Å². The number of nitrogens with zero attached hydrogens (tertiary/aromatic N) is 5. The summed E-state index contributed by atoms with van der Waals surface area (Å²) in [4.78, 5) is 28.5. The number of hydrogen-bond acceptors (Lipinski definition) is 5. The van der Waals surface area contributed by atoms with Crippen molar-refractivity contribution < 1.29 is 9.72 Å². The molecule has 0 saturated carbocycles. The average Bonchev–Trinajstić information content (AvgIpc) is 2.61. The van der Waals surface area contributed by atoms with Gasteiger partial charge in [0.05, 0.1) is 4.92 Å². The minimum Gasteiger partial charge on any atom is -0.332 e. The van der Waals surface area contributed by atoms with Crippen LogP contribution in [0.25, 0.3) is 0 Å². The van der Waals surface area contributed by atoms with Crippen molar-refractivity contribution in [2.75, 3.05) is 28.2 Å². The van der Waals surface area contributed by atoms with Crippen molar-refractivity contribution in [1.82, 2.24) is 19.6 Å². The van der Waals surface area contributed by atoms with Crippen LogP contribution in [0, 0.1) is 10.1 Å². The predicted octanol–water partition coefficient (Wildman–Crippen LogP) is -0.411. The second-order valence-corrected chi connectivity index (χ2v) is 4.33. The molecule has 8 heteroatoms. The number of urea groups is 1. The molecule has 2 atom stereocenters. The van der Waals surface area contributed by atoms with E-state index in [2.05, 4.69) is 0 Å². The summed E-state index contributed by atoms with van der Waals surface area (Å²) >= 11 is 0. The van der Waals surface area contributed by atoms with Gasteiger partial charge in [-0.1, -0.05) is 0 Å². The molecule has 8 nitrogen and oxygen atoms in total. The van der Waals surface area contributed by atoms with Gasteiger partial charge in [0.25, 0.3) is 6.20 Å². The fraction of sp³-hybridized carbons (Fsp3) is 0.667. The molecule has 2 rings (SSSR count). The quantitative estimate of drug-likeness (QED) is 0.461. The van der Waals surface area contributed by atoms with Gasteiger partial charge in [-0.25, -0.2) is 4.79 Å². The van der Waals surface area contributed by atoms with Gasteiger partial charge in [0, 0.05) is 28.2 Å². The number of rotatable bonds is 1. The molecule has 0 N–H and O–H groups in total. The highest BCUT2D eigenvalue weighted by Gasteiger charge is 2.53. The lowest BCUT2D eigenvalue weighted by Crippen LogP contribution is -2.42. The Morgan fingerprint density at radius 2 is 1.47 bits per heavy atom. The molecule has 94 valence electrons. The van der Waals surface area contributed by atoms with Crippen LogP contribution in [-0.4, -0.2) is 71.1 Å². The van der Waals surface area contributed by atoms with Gasteiger partial charge < -0.3 is 19.6 Å². The number of amides is 2. The van der Waals surface area contributed by atoms with Crippen LogP contribution in [0.1, 0.15) is 0 Å². The number of carbonyl (C=O) groups is 1. The Morgan fingerprint density at radius 1 is 1.06 bits per heavy atom. The molecular formula is C9H15N5O3. The smallest absolute Gasteiger partial charge is 0.323 e. The van der Waals surface area contributed by atoms with E-state index in [4.69, 9.17) is 0 Å². The van der Waals surface area contributed by atoms with Crippen molar-refractivity contribution in [2.24, 2.45) is 0 Å². The monoisotopic (exact) mass is 241 g/mol. The number of nitro groups is 1. The molecule has 0 aromatic heterocycles. The van der Waals surface area contributed by atoms with Crippen LogP contribution in [0.3, 0.4) is 0 Å². The summed E-state index contributed by atoms with van der Waals surface area (Å²) in [5, 5.41) is 10.6. The van der Waals surface area contributed by atoms with Crippen LogP contribution in [0.15, 0.2) is 12.0 Å². The van der Waals surface area contributed by atoms with Crippen molar-refractivity contribution in [3.63, 3.8) is 0 Å². The van der Waals surface area contributed by atoms with E-state index in [9.17, 15) is 14.9 Å². The zero-order chi connectivity index (χ0) is 12.9. The van der Waals surface area contributed by atoms with Gasteiger partial charge in [0.1, 0.15) is 12.3 Å². The van der Waals surface area contributed by atoms with Gasteiger partial charge in [-0.3, -0.25) is 10.1 Å². The lowest BCUT2D eigenvalue weighted by atomic mass is 10.4. The largest absolute Gasteiger partial charge is 0.332 e. The summed E-state index contributed by atoms with van der Waals surface area (Å²) in [5.41, 5.74) is 0. The first-order valence-corrected chi connectivity index (χ1v) is 5.17. The van der Waals surface area contributed by atoms with E-state index >= 15 is 0 Å². The Balaban J connectivity index is 2.39. The molecular weight excluding hydrogens is 226 g/mol. The zero-order valence-corrected chi connectivity index (χ0v) is 10.2. The van der Waals surface area contributed by atoms with Crippen molar-refractivity contribution >= 4 is 6.03 Å². The topological polar surface area (TPSA) is 73.2 Å².